The van der Waals surface area contributed by atoms with E-state index in [1.165, 1.54) is 18.7 Å². The van der Waals surface area contributed by atoms with Crippen molar-refractivity contribution in [3.63, 3.8) is 0 Å². The first kappa shape index (κ1) is 29.4. The molecule has 3 aromatic rings. The number of fused-ring (bicyclic) bond motifs is 2. The number of sulfonamides is 1. The fourth-order valence-electron chi connectivity index (χ4n) is 4.26. The first-order chi connectivity index (χ1) is 19.1. The summed E-state index contributed by atoms with van der Waals surface area (Å²) in [6.45, 7) is 3.41. The van der Waals surface area contributed by atoms with Crippen molar-refractivity contribution >= 4 is 39.1 Å². The van der Waals surface area contributed by atoms with E-state index in [0.29, 0.717) is 47.5 Å². The molecular weight excluding hydrogens is 560 g/mol. The highest BCUT2D eigenvalue weighted by molar-refractivity contribution is 7.89. The molecule has 0 saturated carbocycles. The van der Waals surface area contributed by atoms with E-state index >= 15 is 0 Å². The van der Waals surface area contributed by atoms with E-state index < -0.39 is 15.9 Å². The Balaban J connectivity index is 1.47. The van der Waals surface area contributed by atoms with Crippen molar-refractivity contribution in [2.45, 2.75) is 44.4 Å². The summed E-state index contributed by atoms with van der Waals surface area (Å²) in [4.78, 5) is 27.5. The Hall–Kier alpha value is -3.61. The molecule has 0 saturated heterocycles. The number of ether oxygens (including phenoxy) is 2. The van der Waals surface area contributed by atoms with Crippen LogP contribution in [-0.2, 0) is 19.6 Å². The van der Waals surface area contributed by atoms with Crippen molar-refractivity contribution in [2.75, 3.05) is 31.6 Å². The van der Waals surface area contributed by atoms with Gasteiger partial charge in [-0.3, -0.25) is 9.59 Å². The largest absolute Gasteiger partial charge is 0.490 e. The van der Waals surface area contributed by atoms with Crippen LogP contribution in [0.3, 0.4) is 0 Å². The first-order valence-electron chi connectivity index (χ1n) is 12.8. The van der Waals surface area contributed by atoms with Gasteiger partial charge in [0, 0.05) is 24.5 Å². The van der Waals surface area contributed by atoms with Crippen LogP contribution in [0.5, 0.6) is 17.2 Å². The Bertz CT molecular complexity index is 1460. The third kappa shape index (κ3) is 7.52. The van der Waals surface area contributed by atoms with Crippen molar-refractivity contribution in [3.05, 3.63) is 58.9 Å². The minimum atomic E-state index is -3.92. The summed E-state index contributed by atoms with van der Waals surface area (Å²) in [5, 5.41) is 6.85. The van der Waals surface area contributed by atoms with Gasteiger partial charge < -0.3 is 24.2 Å². The summed E-state index contributed by atoms with van der Waals surface area (Å²) in [6, 6.07) is 12.1. The van der Waals surface area contributed by atoms with E-state index in [0.717, 1.165) is 12.8 Å². The number of carbonyl (C=O) groups is 2. The Labute approximate surface area is 237 Å². The number of nitrogens with zero attached hydrogens (tertiary/aromatic N) is 2. The molecule has 0 atom stereocenters. The second-order valence-corrected chi connectivity index (χ2v) is 11.4. The Morgan fingerprint density at radius 3 is 2.62 bits per heavy atom. The molecule has 0 unspecified atom stereocenters. The molecule has 0 spiro atoms. The van der Waals surface area contributed by atoms with Crippen molar-refractivity contribution in [2.24, 2.45) is 0 Å². The van der Waals surface area contributed by atoms with Gasteiger partial charge in [0.1, 0.15) is 10.6 Å². The van der Waals surface area contributed by atoms with Crippen LogP contribution in [-0.4, -0.2) is 56.5 Å². The number of nitrogens with one attached hydrogen (secondary N) is 2. The summed E-state index contributed by atoms with van der Waals surface area (Å²) in [5.74, 6) is 0.764. The average Bonchev–Trinajstić information content (AvgIpc) is 3.25. The van der Waals surface area contributed by atoms with Crippen LogP contribution >= 0.6 is 11.6 Å². The molecule has 4 rings (SSSR count). The van der Waals surface area contributed by atoms with E-state index in [2.05, 4.69) is 15.2 Å². The quantitative estimate of drug-likeness (QED) is 0.444. The number of carbonyl (C=O) groups excluding carboxylic acids is 2. The lowest BCUT2D eigenvalue weighted by atomic mass is 10.2. The molecule has 2 heterocycles. The number of anilines is 1. The topological polar surface area (TPSA) is 140 Å². The second kappa shape index (κ2) is 13.2. The predicted octanol–water partition coefficient (Wildman–Crippen LogP) is 4.44. The molecule has 2 N–H and O–H groups in total. The van der Waals surface area contributed by atoms with Gasteiger partial charge in [0.2, 0.25) is 21.8 Å². The highest BCUT2D eigenvalue weighted by Gasteiger charge is 2.25. The smallest absolute Gasteiger partial charge is 0.245 e. The molecule has 0 fully saturated rings. The van der Waals surface area contributed by atoms with Crippen molar-refractivity contribution in [1.29, 1.82) is 0 Å². The molecular formula is C27H31ClN4O7S. The lowest BCUT2D eigenvalue weighted by Crippen LogP contribution is -2.40. The van der Waals surface area contributed by atoms with E-state index in [-0.39, 0.29) is 41.8 Å². The van der Waals surface area contributed by atoms with Crippen molar-refractivity contribution < 1.29 is 32.0 Å². The van der Waals surface area contributed by atoms with Crippen molar-refractivity contribution in [1.82, 2.24) is 14.8 Å². The monoisotopic (exact) mass is 590 g/mol. The third-order valence-corrected chi connectivity index (χ3v) is 8.11. The molecule has 2 amide bonds. The number of rotatable bonds is 5. The van der Waals surface area contributed by atoms with Crippen LogP contribution in [0.15, 0.2) is 51.9 Å². The lowest BCUT2D eigenvalue weighted by Gasteiger charge is -2.23. The first-order valence-corrected chi connectivity index (χ1v) is 14.7. The van der Waals surface area contributed by atoms with E-state index in [9.17, 15) is 18.0 Å². The maximum atomic E-state index is 13.1. The molecule has 2 aromatic carbocycles. The van der Waals surface area contributed by atoms with Crippen LogP contribution in [0, 0.1) is 13.8 Å². The molecule has 0 bridgehead atoms. The number of aromatic nitrogens is 1. The Kier molecular flexibility index (Phi) is 9.67. The zero-order chi connectivity index (χ0) is 28.7. The molecule has 0 aliphatic carbocycles. The number of hydrogen-bond donors (Lipinski definition) is 2. The average molecular weight is 591 g/mol. The summed E-state index contributed by atoms with van der Waals surface area (Å²) in [5.41, 5.74) is 0.566. The predicted molar refractivity (Wildman–Crippen MR) is 148 cm³/mol. The van der Waals surface area contributed by atoms with Crippen LogP contribution in [0.1, 0.15) is 37.1 Å². The Morgan fingerprint density at radius 1 is 1.10 bits per heavy atom. The molecule has 1 aromatic heterocycles. The molecule has 1 aliphatic heterocycles. The van der Waals surface area contributed by atoms with Crippen LogP contribution in [0.2, 0.25) is 5.02 Å². The molecule has 13 heteroatoms. The highest BCUT2D eigenvalue weighted by atomic mass is 35.5. The van der Waals surface area contributed by atoms with Crippen LogP contribution in [0.4, 0.5) is 5.69 Å². The molecule has 40 heavy (non-hydrogen) atoms. The van der Waals surface area contributed by atoms with E-state index in [4.69, 9.17) is 25.6 Å². The zero-order valence-corrected chi connectivity index (χ0v) is 23.8. The van der Waals surface area contributed by atoms with E-state index in [1.807, 2.05) is 18.2 Å². The van der Waals surface area contributed by atoms with Gasteiger partial charge in [0.25, 0.3) is 0 Å². The van der Waals surface area contributed by atoms with Gasteiger partial charge in [0.15, 0.2) is 23.0 Å². The van der Waals surface area contributed by atoms with Crippen LogP contribution in [0.25, 0.3) is 0 Å². The van der Waals surface area contributed by atoms with Gasteiger partial charge in [-0.2, -0.15) is 0 Å². The molecule has 0 radical (unpaired) electrons. The number of hydrogen-bond acceptors (Lipinski definition) is 8. The van der Waals surface area contributed by atoms with Crippen molar-refractivity contribution in [3.8, 4) is 17.2 Å². The highest BCUT2D eigenvalue weighted by Crippen LogP contribution is 2.36. The second-order valence-electron chi connectivity index (χ2n) is 9.26. The maximum Gasteiger partial charge on any atom is 0.245 e. The minimum Gasteiger partial charge on any atom is -0.490 e. The number of benzene rings is 2. The maximum absolute atomic E-state index is 13.1. The van der Waals surface area contributed by atoms with Gasteiger partial charge >= 0.3 is 0 Å². The summed E-state index contributed by atoms with van der Waals surface area (Å²) >= 11 is 6.19. The summed E-state index contributed by atoms with van der Waals surface area (Å²) in [6.07, 6.45) is 1.97. The normalized spacial score (nSPS) is 15.0. The van der Waals surface area contributed by atoms with Crippen LogP contribution < -0.4 is 19.5 Å². The minimum absolute atomic E-state index is 0.0440. The van der Waals surface area contributed by atoms with Gasteiger partial charge in [-0.1, -0.05) is 28.9 Å². The fraction of sp³-hybridized carbons (Fsp3) is 0.370. The lowest BCUT2D eigenvalue weighted by molar-refractivity contribution is -0.134. The SMILES string of the molecule is Cc1noc(C)c1S(=O)(=O)NCCC(=O)N1CCCCCOc2ccccc2Oc2ccc(Cl)cc2NC(=O)C1. The number of amides is 2. The third-order valence-electron chi connectivity index (χ3n) is 6.17. The number of para-hydroxylation sites is 2. The van der Waals surface area contributed by atoms with Gasteiger partial charge in [-0.05, 0) is 63.4 Å². The van der Waals surface area contributed by atoms with E-state index in [1.54, 1.807) is 24.3 Å². The van der Waals surface area contributed by atoms with Gasteiger partial charge in [-0.25, -0.2) is 13.1 Å². The van der Waals surface area contributed by atoms with Gasteiger partial charge in [0.05, 0.1) is 18.8 Å². The number of halogens is 1. The molecule has 1 aliphatic rings. The fourth-order valence-corrected chi connectivity index (χ4v) is 5.79. The molecule has 214 valence electrons. The zero-order valence-electron chi connectivity index (χ0n) is 22.2. The Morgan fingerprint density at radius 2 is 1.88 bits per heavy atom. The standard InChI is InChI=1S/C27H31ClN4O7S/c1-18-27(19(2)39-31-18)40(35,36)29-13-12-26(34)32-14-6-3-7-15-37-23-8-4-5-9-24(23)38-22-11-10-20(28)16-21(22)30-25(33)17-32/h4-5,8-11,16,29H,3,6-7,12-15,17H2,1-2H3,(H,30,33). The van der Waals surface area contributed by atoms with Gasteiger partial charge in [-0.15, -0.1) is 0 Å². The molecule has 11 nitrogen and oxygen atoms in total. The summed E-state index contributed by atoms with van der Waals surface area (Å²) in [7, 11) is -3.92. The summed E-state index contributed by atoms with van der Waals surface area (Å²) < 4.78 is 44.7. The number of aryl methyl sites for hydroxylation is 2.